The smallest absolute Gasteiger partial charge is 0.238 e. The highest BCUT2D eigenvalue weighted by atomic mass is 32.2. The predicted octanol–water partition coefficient (Wildman–Crippen LogP) is 2.37. The number of fused-ring (bicyclic) bond motifs is 1. The van der Waals surface area contributed by atoms with E-state index in [2.05, 4.69) is 5.32 Å². The average molecular weight is 334 g/mol. The maximum atomic E-state index is 12.6. The second kappa shape index (κ2) is 7.36. The van der Waals surface area contributed by atoms with E-state index >= 15 is 0 Å². The van der Waals surface area contributed by atoms with Crippen molar-refractivity contribution in [2.75, 3.05) is 31.6 Å². The van der Waals surface area contributed by atoms with Gasteiger partial charge in [-0.25, -0.2) is 0 Å². The Balaban J connectivity index is 1.61. The van der Waals surface area contributed by atoms with Gasteiger partial charge in [-0.1, -0.05) is 12.1 Å². The Morgan fingerprint density at radius 2 is 2.26 bits per heavy atom. The van der Waals surface area contributed by atoms with E-state index in [4.69, 9.17) is 4.74 Å². The molecule has 2 aliphatic rings. The van der Waals surface area contributed by atoms with E-state index in [1.54, 1.807) is 0 Å². The standard InChI is InChI=1S/C17H22N2O3S/c1-2-19(10-12-7-8-22-11-12)16(20)9-15-17(21)18-13-5-3-4-6-14(13)23-15/h3-6,12,15H,2,7-11H2,1H3,(H,18,21)/t12-,15-/m1/s1. The molecule has 2 aliphatic heterocycles. The zero-order valence-electron chi connectivity index (χ0n) is 13.3. The number of thioether (sulfide) groups is 1. The zero-order chi connectivity index (χ0) is 16.2. The minimum atomic E-state index is -0.355. The maximum Gasteiger partial charge on any atom is 0.238 e. The molecule has 0 unspecified atom stereocenters. The lowest BCUT2D eigenvalue weighted by molar-refractivity contribution is -0.133. The number of anilines is 1. The van der Waals surface area contributed by atoms with Gasteiger partial charge >= 0.3 is 0 Å². The van der Waals surface area contributed by atoms with Gasteiger partial charge in [0, 0.05) is 36.9 Å². The van der Waals surface area contributed by atoms with E-state index in [1.165, 1.54) is 11.8 Å². The molecule has 1 N–H and O–H groups in total. The predicted molar refractivity (Wildman–Crippen MR) is 90.5 cm³/mol. The molecule has 2 amide bonds. The first-order valence-corrected chi connectivity index (χ1v) is 8.97. The molecule has 0 aromatic heterocycles. The Kier molecular flexibility index (Phi) is 5.23. The number of benzene rings is 1. The number of rotatable bonds is 5. The van der Waals surface area contributed by atoms with Crippen LogP contribution < -0.4 is 5.32 Å². The quantitative estimate of drug-likeness (QED) is 0.898. The summed E-state index contributed by atoms with van der Waals surface area (Å²) in [7, 11) is 0. The van der Waals surface area contributed by atoms with Gasteiger partial charge < -0.3 is 15.0 Å². The minimum Gasteiger partial charge on any atom is -0.381 e. The summed E-state index contributed by atoms with van der Waals surface area (Å²) >= 11 is 1.48. The number of ether oxygens (including phenoxy) is 1. The third kappa shape index (κ3) is 3.87. The highest BCUT2D eigenvalue weighted by Crippen LogP contribution is 2.36. The Hall–Kier alpha value is -1.53. The summed E-state index contributed by atoms with van der Waals surface area (Å²) in [5.74, 6) is 0.390. The van der Waals surface area contributed by atoms with Crippen molar-refractivity contribution in [3.63, 3.8) is 0 Å². The molecule has 0 spiro atoms. The summed E-state index contributed by atoms with van der Waals surface area (Å²) in [5.41, 5.74) is 0.835. The minimum absolute atomic E-state index is 0.0476. The van der Waals surface area contributed by atoms with Crippen LogP contribution in [0.15, 0.2) is 29.2 Å². The lowest BCUT2D eigenvalue weighted by Crippen LogP contribution is -2.39. The summed E-state index contributed by atoms with van der Waals surface area (Å²) in [4.78, 5) is 27.7. The number of hydrogen-bond acceptors (Lipinski definition) is 4. The second-order valence-corrected chi connectivity index (χ2v) is 7.20. The number of hydrogen-bond donors (Lipinski definition) is 1. The van der Waals surface area contributed by atoms with Crippen LogP contribution in [0.3, 0.4) is 0 Å². The molecule has 3 rings (SSSR count). The van der Waals surface area contributed by atoms with Crippen LogP contribution >= 0.6 is 11.8 Å². The topological polar surface area (TPSA) is 58.6 Å². The first kappa shape index (κ1) is 16.3. The van der Waals surface area contributed by atoms with E-state index in [0.29, 0.717) is 12.5 Å². The van der Waals surface area contributed by atoms with Crippen LogP contribution in [0.25, 0.3) is 0 Å². The maximum absolute atomic E-state index is 12.6. The zero-order valence-corrected chi connectivity index (χ0v) is 14.1. The van der Waals surface area contributed by atoms with Crippen LogP contribution in [0, 0.1) is 5.92 Å². The molecule has 1 aromatic carbocycles. The summed E-state index contributed by atoms with van der Waals surface area (Å²) in [5, 5.41) is 2.54. The van der Waals surface area contributed by atoms with E-state index in [-0.39, 0.29) is 23.5 Å². The number of nitrogens with zero attached hydrogens (tertiary/aromatic N) is 1. The fraction of sp³-hybridized carbons (Fsp3) is 0.529. The fourth-order valence-electron chi connectivity index (χ4n) is 2.96. The molecule has 1 aromatic rings. The molecular formula is C17H22N2O3S. The SMILES string of the molecule is CCN(C[C@H]1CCOC1)C(=O)C[C@H]1Sc2ccccc2NC1=O. The Morgan fingerprint density at radius 3 is 3.00 bits per heavy atom. The third-order valence-corrected chi connectivity index (χ3v) is 5.58. The molecule has 0 bridgehead atoms. The van der Waals surface area contributed by atoms with Gasteiger partial charge in [-0.05, 0) is 25.5 Å². The van der Waals surface area contributed by atoms with Crippen molar-refractivity contribution in [3.8, 4) is 0 Å². The van der Waals surface area contributed by atoms with Crippen LogP contribution in [-0.2, 0) is 14.3 Å². The van der Waals surface area contributed by atoms with Crippen LogP contribution in [0.5, 0.6) is 0 Å². The molecule has 1 fully saturated rings. The number of nitrogens with one attached hydrogen (secondary N) is 1. The molecule has 6 heteroatoms. The molecular weight excluding hydrogens is 312 g/mol. The first-order valence-electron chi connectivity index (χ1n) is 8.09. The highest BCUT2D eigenvalue weighted by molar-refractivity contribution is 8.01. The lowest BCUT2D eigenvalue weighted by Gasteiger charge is -2.28. The van der Waals surface area contributed by atoms with E-state index in [9.17, 15) is 9.59 Å². The summed E-state index contributed by atoms with van der Waals surface area (Å²) in [6.45, 7) is 4.90. The molecule has 23 heavy (non-hydrogen) atoms. The van der Waals surface area contributed by atoms with Gasteiger partial charge in [0.2, 0.25) is 11.8 Å². The van der Waals surface area contributed by atoms with Crippen molar-refractivity contribution < 1.29 is 14.3 Å². The molecule has 0 saturated carbocycles. The summed E-state index contributed by atoms with van der Waals surface area (Å²) < 4.78 is 5.38. The van der Waals surface area contributed by atoms with Crippen molar-refractivity contribution in [2.45, 2.75) is 29.9 Å². The van der Waals surface area contributed by atoms with Gasteiger partial charge in [0.05, 0.1) is 17.5 Å². The second-order valence-electron chi connectivity index (χ2n) is 5.96. The molecule has 5 nitrogen and oxygen atoms in total. The van der Waals surface area contributed by atoms with Crippen LogP contribution in [-0.4, -0.2) is 48.3 Å². The summed E-state index contributed by atoms with van der Waals surface area (Å²) in [6.07, 6.45) is 1.25. The fourth-order valence-corrected chi connectivity index (χ4v) is 4.06. The van der Waals surface area contributed by atoms with E-state index in [0.717, 1.165) is 36.8 Å². The van der Waals surface area contributed by atoms with Crippen molar-refractivity contribution in [1.82, 2.24) is 4.90 Å². The molecule has 1 saturated heterocycles. The van der Waals surface area contributed by atoms with E-state index < -0.39 is 0 Å². The molecule has 2 heterocycles. The van der Waals surface area contributed by atoms with Gasteiger partial charge in [0.15, 0.2) is 0 Å². The number of para-hydroxylation sites is 1. The number of carbonyl (C=O) groups is 2. The monoisotopic (exact) mass is 334 g/mol. The number of carbonyl (C=O) groups excluding carboxylic acids is 2. The lowest BCUT2D eigenvalue weighted by atomic mass is 10.1. The Morgan fingerprint density at radius 1 is 1.43 bits per heavy atom. The average Bonchev–Trinajstić information content (AvgIpc) is 3.06. The van der Waals surface area contributed by atoms with Gasteiger partial charge in [0.1, 0.15) is 0 Å². The largest absolute Gasteiger partial charge is 0.381 e. The van der Waals surface area contributed by atoms with Crippen LogP contribution in [0.2, 0.25) is 0 Å². The molecule has 0 radical (unpaired) electrons. The molecule has 2 atom stereocenters. The third-order valence-electron chi connectivity index (χ3n) is 4.30. The van der Waals surface area contributed by atoms with Crippen LogP contribution in [0.1, 0.15) is 19.8 Å². The van der Waals surface area contributed by atoms with Crippen molar-refractivity contribution in [3.05, 3.63) is 24.3 Å². The highest BCUT2D eigenvalue weighted by Gasteiger charge is 2.31. The van der Waals surface area contributed by atoms with Crippen molar-refractivity contribution in [1.29, 1.82) is 0 Å². The molecule has 124 valence electrons. The Labute approximate surface area is 140 Å². The number of amides is 2. The normalized spacial score (nSPS) is 23.3. The molecule has 0 aliphatic carbocycles. The summed E-state index contributed by atoms with van der Waals surface area (Å²) in [6, 6.07) is 7.70. The van der Waals surface area contributed by atoms with E-state index in [1.807, 2.05) is 36.1 Å². The van der Waals surface area contributed by atoms with Crippen LogP contribution in [0.4, 0.5) is 5.69 Å². The van der Waals surface area contributed by atoms with Gasteiger partial charge in [-0.2, -0.15) is 0 Å². The first-order chi connectivity index (χ1) is 11.2. The van der Waals surface area contributed by atoms with Crippen molar-refractivity contribution in [2.24, 2.45) is 5.92 Å². The van der Waals surface area contributed by atoms with Gasteiger partial charge in [-0.3, -0.25) is 9.59 Å². The Bertz CT molecular complexity index is 587. The van der Waals surface area contributed by atoms with Gasteiger partial charge in [-0.15, -0.1) is 11.8 Å². The van der Waals surface area contributed by atoms with Gasteiger partial charge in [0.25, 0.3) is 0 Å². The van der Waals surface area contributed by atoms with Crippen molar-refractivity contribution >= 4 is 29.3 Å².